The number of nitrogens with zero attached hydrogens (tertiary/aromatic N) is 2. The lowest BCUT2D eigenvalue weighted by molar-refractivity contribution is -0.121. The summed E-state index contributed by atoms with van der Waals surface area (Å²) in [5.41, 5.74) is 8.81. The molecule has 6 heteroatoms. The molecule has 21 heavy (non-hydrogen) atoms. The van der Waals surface area contributed by atoms with Crippen LogP contribution in [-0.4, -0.2) is 21.7 Å². The Morgan fingerprint density at radius 1 is 1.43 bits per heavy atom. The van der Waals surface area contributed by atoms with Crippen LogP contribution in [0.1, 0.15) is 18.9 Å². The number of rotatable bonds is 5. The fourth-order valence-electron chi connectivity index (χ4n) is 2.07. The zero-order valence-electron chi connectivity index (χ0n) is 12.2. The molecule has 0 spiro atoms. The molecular formula is C15H21ClN4O. The van der Waals surface area contributed by atoms with E-state index < -0.39 is 0 Å². The van der Waals surface area contributed by atoms with Gasteiger partial charge in [-0.3, -0.25) is 9.48 Å². The summed E-state index contributed by atoms with van der Waals surface area (Å²) >= 11 is 0. The normalized spacial score (nSPS) is 11.6. The third-order valence-corrected chi connectivity index (χ3v) is 3.02. The minimum Gasteiger partial charge on any atom is -0.352 e. The molecule has 0 saturated heterocycles. The Kier molecular flexibility index (Phi) is 6.39. The van der Waals surface area contributed by atoms with Crippen LogP contribution in [0.25, 0.3) is 11.1 Å². The highest BCUT2D eigenvalue weighted by Crippen LogP contribution is 2.22. The monoisotopic (exact) mass is 308 g/mol. The average molecular weight is 309 g/mol. The first-order chi connectivity index (χ1) is 9.56. The van der Waals surface area contributed by atoms with Gasteiger partial charge in [0, 0.05) is 37.8 Å². The van der Waals surface area contributed by atoms with Crippen LogP contribution in [0.5, 0.6) is 0 Å². The van der Waals surface area contributed by atoms with Gasteiger partial charge in [0.05, 0.1) is 6.20 Å². The van der Waals surface area contributed by atoms with Crippen LogP contribution < -0.4 is 11.1 Å². The smallest absolute Gasteiger partial charge is 0.221 e. The summed E-state index contributed by atoms with van der Waals surface area (Å²) in [5.74, 6) is -0.0269. The maximum atomic E-state index is 11.7. The first-order valence-corrected chi connectivity index (χ1v) is 6.65. The van der Waals surface area contributed by atoms with Gasteiger partial charge in [0.15, 0.2) is 0 Å². The van der Waals surface area contributed by atoms with Crippen molar-refractivity contribution >= 4 is 18.3 Å². The summed E-state index contributed by atoms with van der Waals surface area (Å²) in [7, 11) is 1.89. The molecule has 0 radical (unpaired) electrons. The van der Waals surface area contributed by atoms with Gasteiger partial charge in [-0.05, 0) is 18.1 Å². The third-order valence-electron chi connectivity index (χ3n) is 3.02. The Bertz CT molecular complexity index is 595. The molecule has 0 fully saturated rings. The number of benzene rings is 1. The molecule has 1 aromatic heterocycles. The highest BCUT2D eigenvalue weighted by molar-refractivity contribution is 5.85. The van der Waals surface area contributed by atoms with E-state index in [-0.39, 0.29) is 24.4 Å². The van der Waals surface area contributed by atoms with Crippen LogP contribution in [0.2, 0.25) is 0 Å². The van der Waals surface area contributed by atoms with Crippen molar-refractivity contribution in [3.8, 4) is 11.1 Å². The Morgan fingerprint density at radius 3 is 2.76 bits per heavy atom. The van der Waals surface area contributed by atoms with Crippen molar-refractivity contribution < 1.29 is 4.79 Å². The lowest BCUT2D eigenvalue weighted by atomic mass is 10.0. The molecule has 1 heterocycles. The minimum absolute atomic E-state index is 0. The second-order valence-electron chi connectivity index (χ2n) is 5.02. The maximum absolute atomic E-state index is 11.7. The number of halogens is 1. The Balaban J connectivity index is 0.00000220. The number of hydrogen-bond acceptors (Lipinski definition) is 3. The van der Waals surface area contributed by atoms with Crippen molar-refractivity contribution in [1.82, 2.24) is 15.1 Å². The van der Waals surface area contributed by atoms with Crippen molar-refractivity contribution in [2.75, 3.05) is 0 Å². The lowest BCUT2D eigenvalue weighted by Gasteiger charge is -2.10. The number of nitrogens with two attached hydrogens (primary N) is 1. The summed E-state index contributed by atoms with van der Waals surface area (Å²) in [5, 5.41) is 7.08. The topological polar surface area (TPSA) is 72.9 Å². The molecule has 0 saturated carbocycles. The van der Waals surface area contributed by atoms with Crippen LogP contribution in [-0.2, 0) is 18.4 Å². The largest absolute Gasteiger partial charge is 0.352 e. The summed E-state index contributed by atoms with van der Waals surface area (Å²) in [4.78, 5) is 11.7. The molecule has 0 aliphatic carbocycles. The standard InChI is InChI=1S/C15H20N4O.ClH/c1-11(16)7-15(20)17-8-12-5-3-4-6-14(12)13-9-18-19(2)10-13;/h3-6,9-11H,7-8,16H2,1-2H3,(H,17,20);1H. The third kappa shape index (κ3) is 4.88. The number of aryl methyl sites for hydroxylation is 1. The molecule has 3 N–H and O–H groups in total. The second kappa shape index (κ2) is 7.81. The van der Waals surface area contributed by atoms with E-state index in [2.05, 4.69) is 10.4 Å². The first-order valence-electron chi connectivity index (χ1n) is 6.65. The summed E-state index contributed by atoms with van der Waals surface area (Å²) in [6.07, 6.45) is 4.13. The first kappa shape index (κ1) is 17.2. The number of carbonyl (C=O) groups is 1. The minimum atomic E-state index is -0.122. The van der Waals surface area contributed by atoms with Gasteiger partial charge in [-0.25, -0.2) is 0 Å². The zero-order valence-corrected chi connectivity index (χ0v) is 13.1. The highest BCUT2D eigenvalue weighted by atomic mass is 35.5. The summed E-state index contributed by atoms with van der Waals surface area (Å²) in [6, 6.07) is 7.87. The molecule has 1 aromatic carbocycles. The van der Waals surface area contributed by atoms with Gasteiger partial charge in [0.1, 0.15) is 0 Å². The molecule has 2 aromatic rings. The molecule has 1 amide bonds. The van der Waals surface area contributed by atoms with Crippen molar-refractivity contribution in [3.05, 3.63) is 42.2 Å². The van der Waals surface area contributed by atoms with E-state index in [0.717, 1.165) is 16.7 Å². The zero-order chi connectivity index (χ0) is 14.5. The highest BCUT2D eigenvalue weighted by Gasteiger charge is 2.09. The molecule has 114 valence electrons. The van der Waals surface area contributed by atoms with E-state index in [9.17, 15) is 4.79 Å². The van der Waals surface area contributed by atoms with E-state index in [1.54, 1.807) is 4.68 Å². The van der Waals surface area contributed by atoms with E-state index in [4.69, 9.17) is 5.73 Å². The van der Waals surface area contributed by atoms with Gasteiger partial charge in [0.2, 0.25) is 5.91 Å². The molecule has 0 bridgehead atoms. The van der Waals surface area contributed by atoms with Crippen LogP contribution in [0, 0.1) is 0 Å². The quantitative estimate of drug-likeness (QED) is 0.885. The summed E-state index contributed by atoms with van der Waals surface area (Å²) in [6.45, 7) is 2.32. The van der Waals surface area contributed by atoms with Crippen LogP contribution in [0.15, 0.2) is 36.7 Å². The Hall–Kier alpha value is -1.85. The van der Waals surface area contributed by atoms with Crippen molar-refractivity contribution in [3.63, 3.8) is 0 Å². The molecule has 5 nitrogen and oxygen atoms in total. The molecule has 2 rings (SSSR count). The average Bonchev–Trinajstić information content (AvgIpc) is 2.82. The fraction of sp³-hybridized carbons (Fsp3) is 0.333. The van der Waals surface area contributed by atoms with Crippen molar-refractivity contribution in [2.45, 2.75) is 25.9 Å². The van der Waals surface area contributed by atoms with Gasteiger partial charge in [-0.1, -0.05) is 24.3 Å². The molecule has 0 aliphatic rings. The van der Waals surface area contributed by atoms with Gasteiger partial charge in [-0.2, -0.15) is 5.10 Å². The fourth-order valence-corrected chi connectivity index (χ4v) is 2.07. The molecule has 1 atom stereocenters. The lowest BCUT2D eigenvalue weighted by Crippen LogP contribution is -2.29. The van der Waals surface area contributed by atoms with Gasteiger partial charge < -0.3 is 11.1 Å². The molecular weight excluding hydrogens is 288 g/mol. The van der Waals surface area contributed by atoms with Crippen LogP contribution in [0.3, 0.4) is 0 Å². The van der Waals surface area contributed by atoms with Crippen LogP contribution >= 0.6 is 12.4 Å². The van der Waals surface area contributed by atoms with Crippen LogP contribution in [0.4, 0.5) is 0 Å². The maximum Gasteiger partial charge on any atom is 0.221 e. The molecule has 1 unspecified atom stereocenters. The Labute approximate surface area is 130 Å². The number of carbonyl (C=O) groups excluding carboxylic acids is 1. The Morgan fingerprint density at radius 2 is 2.14 bits per heavy atom. The predicted molar refractivity (Wildman–Crippen MR) is 86.0 cm³/mol. The molecule has 0 aliphatic heterocycles. The van der Waals surface area contributed by atoms with E-state index in [1.807, 2.05) is 50.6 Å². The second-order valence-corrected chi connectivity index (χ2v) is 5.02. The van der Waals surface area contributed by atoms with E-state index in [1.165, 1.54) is 0 Å². The number of amides is 1. The number of aromatic nitrogens is 2. The van der Waals surface area contributed by atoms with Gasteiger partial charge in [-0.15, -0.1) is 12.4 Å². The predicted octanol–water partition coefficient (Wildman–Crippen LogP) is 1.86. The summed E-state index contributed by atoms with van der Waals surface area (Å²) < 4.78 is 1.76. The van der Waals surface area contributed by atoms with Gasteiger partial charge in [0.25, 0.3) is 0 Å². The van der Waals surface area contributed by atoms with Crippen molar-refractivity contribution in [1.29, 1.82) is 0 Å². The van der Waals surface area contributed by atoms with Gasteiger partial charge >= 0.3 is 0 Å². The van der Waals surface area contributed by atoms with E-state index >= 15 is 0 Å². The van der Waals surface area contributed by atoms with Crippen molar-refractivity contribution in [2.24, 2.45) is 12.8 Å². The van der Waals surface area contributed by atoms with E-state index in [0.29, 0.717) is 13.0 Å². The number of nitrogens with one attached hydrogen (secondary N) is 1. The number of hydrogen-bond donors (Lipinski definition) is 2. The SMILES string of the molecule is CC(N)CC(=O)NCc1ccccc1-c1cnn(C)c1.Cl.